The first kappa shape index (κ1) is 15.3. The van der Waals surface area contributed by atoms with Crippen molar-refractivity contribution >= 4 is 17.8 Å². The molecule has 17 heavy (non-hydrogen) atoms. The number of carboxylic acid groups (broad SMARTS) is 1. The molecule has 0 unspecified atom stereocenters. The van der Waals surface area contributed by atoms with Gasteiger partial charge in [0, 0.05) is 6.42 Å². The van der Waals surface area contributed by atoms with Gasteiger partial charge in [-0.2, -0.15) is 0 Å². The van der Waals surface area contributed by atoms with Gasteiger partial charge in [0.1, 0.15) is 12.1 Å². The zero-order valence-corrected chi connectivity index (χ0v) is 9.42. The molecule has 0 spiro atoms. The van der Waals surface area contributed by atoms with Crippen LogP contribution in [-0.4, -0.2) is 46.2 Å². The maximum absolute atomic E-state index is 11.4. The Labute approximate surface area is 98.0 Å². The van der Waals surface area contributed by atoms with Gasteiger partial charge >= 0.3 is 5.97 Å². The third kappa shape index (κ3) is 5.83. The molecule has 0 aliphatic rings. The molecular weight excluding hydrogens is 230 g/mol. The fourth-order valence-corrected chi connectivity index (χ4v) is 1.03. The highest BCUT2D eigenvalue weighted by atomic mass is 16.4. The third-order valence-corrected chi connectivity index (χ3v) is 2.12. The Bertz CT molecular complexity index is 305. The summed E-state index contributed by atoms with van der Waals surface area (Å²) < 4.78 is 0. The standard InChI is InChI=1S/C9H17N3O5/c1-4(13)7(11)8(15)12-5(9(16)17)2-3-6(10)14/h4-5,7,13H,2-3,11H2,1H3,(H2,10,14)(H,12,15)(H,16,17)/t4-,5+,7+/m1/s1. The summed E-state index contributed by atoms with van der Waals surface area (Å²) in [6.07, 6.45) is -1.38. The first-order valence-electron chi connectivity index (χ1n) is 5.00. The number of hydrogen-bond acceptors (Lipinski definition) is 5. The summed E-state index contributed by atoms with van der Waals surface area (Å²) >= 11 is 0. The molecule has 0 aromatic carbocycles. The van der Waals surface area contributed by atoms with Gasteiger partial charge in [-0.15, -0.1) is 0 Å². The number of carbonyl (C=O) groups excluding carboxylic acids is 2. The van der Waals surface area contributed by atoms with Crippen LogP contribution in [0.4, 0.5) is 0 Å². The maximum Gasteiger partial charge on any atom is 0.326 e. The number of carbonyl (C=O) groups is 3. The second-order valence-corrected chi connectivity index (χ2v) is 3.67. The van der Waals surface area contributed by atoms with Gasteiger partial charge in [-0.05, 0) is 13.3 Å². The van der Waals surface area contributed by atoms with E-state index in [1.54, 1.807) is 0 Å². The Morgan fingerprint density at radius 2 is 1.88 bits per heavy atom. The molecule has 0 aromatic rings. The van der Waals surface area contributed by atoms with E-state index in [-0.39, 0.29) is 12.8 Å². The van der Waals surface area contributed by atoms with E-state index in [1.807, 2.05) is 0 Å². The van der Waals surface area contributed by atoms with Gasteiger partial charge in [0.05, 0.1) is 6.10 Å². The van der Waals surface area contributed by atoms with Crippen LogP contribution in [-0.2, 0) is 14.4 Å². The van der Waals surface area contributed by atoms with Crippen LogP contribution in [0.3, 0.4) is 0 Å². The van der Waals surface area contributed by atoms with E-state index in [9.17, 15) is 14.4 Å². The van der Waals surface area contributed by atoms with Crippen LogP contribution in [0.1, 0.15) is 19.8 Å². The van der Waals surface area contributed by atoms with Gasteiger partial charge in [0.15, 0.2) is 0 Å². The summed E-state index contributed by atoms with van der Waals surface area (Å²) in [5.74, 6) is -2.75. The van der Waals surface area contributed by atoms with Crippen molar-refractivity contribution in [2.24, 2.45) is 11.5 Å². The monoisotopic (exact) mass is 247 g/mol. The normalized spacial score (nSPS) is 15.7. The second-order valence-electron chi connectivity index (χ2n) is 3.67. The first-order chi connectivity index (χ1) is 7.75. The molecule has 98 valence electrons. The second kappa shape index (κ2) is 6.81. The number of nitrogens with two attached hydrogens (primary N) is 2. The number of rotatable bonds is 7. The fourth-order valence-electron chi connectivity index (χ4n) is 1.03. The van der Waals surface area contributed by atoms with E-state index >= 15 is 0 Å². The Morgan fingerprint density at radius 1 is 1.35 bits per heavy atom. The molecule has 0 rings (SSSR count). The van der Waals surface area contributed by atoms with Crippen LogP contribution in [0.15, 0.2) is 0 Å². The zero-order chi connectivity index (χ0) is 13.6. The average Bonchev–Trinajstić information content (AvgIpc) is 2.21. The fraction of sp³-hybridized carbons (Fsp3) is 0.667. The highest BCUT2D eigenvalue weighted by Crippen LogP contribution is 1.99. The van der Waals surface area contributed by atoms with Gasteiger partial charge < -0.3 is 27.0 Å². The van der Waals surface area contributed by atoms with Gasteiger partial charge in [-0.25, -0.2) is 4.79 Å². The van der Waals surface area contributed by atoms with Crippen molar-refractivity contribution < 1.29 is 24.6 Å². The molecule has 2 amide bonds. The highest BCUT2D eigenvalue weighted by molar-refractivity contribution is 5.87. The third-order valence-electron chi connectivity index (χ3n) is 2.12. The number of carboxylic acids is 1. The lowest BCUT2D eigenvalue weighted by atomic mass is 10.1. The van der Waals surface area contributed by atoms with E-state index in [4.69, 9.17) is 21.7 Å². The Hall–Kier alpha value is -1.67. The van der Waals surface area contributed by atoms with Crippen LogP contribution >= 0.6 is 0 Å². The summed E-state index contributed by atoms with van der Waals surface area (Å²) in [4.78, 5) is 32.6. The molecule has 0 heterocycles. The van der Waals surface area contributed by atoms with E-state index in [1.165, 1.54) is 6.92 Å². The number of aliphatic hydroxyl groups excluding tert-OH is 1. The lowest BCUT2D eigenvalue weighted by Crippen LogP contribution is -2.52. The number of aliphatic carboxylic acids is 1. The predicted molar refractivity (Wildman–Crippen MR) is 57.7 cm³/mol. The summed E-state index contributed by atoms with van der Waals surface area (Å²) in [5, 5.41) is 20.0. The van der Waals surface area contributed by atoms with Crippen molar-refractivity contribution in [2.45, 2.75) is 38.0 Å². The Balaban J connectivity index is 4.39. The van der Waals surface area contributed by atoms with Crippen LogP contribution in [0.25, 0.3) is 0 Å². The minimum absolute atomic E-state index is 0.122. The summed E-state index contributed by atoms with van der Waals surface area (Å²) in [5.41, 5.74) is 10.2. The van der Waals surface area contributed by atoms with Gasteiger partial charge in [0.2, 0.25) is 11.8 Å². The number of hydrogen-bond donors (Lipinski definition) is 5. The molecule has 3 atom stereocenters. The highest BCUT2D eigenvalue weighted by Gasteiger charge is 2.25. The molecule has 0 aromatic heterocycles. The van der Waals surface area contributed by atoms with Crippen molar-refractivity contribution in [1.29, 1.82) is 0 Å². The first-order valence-corrected chi connectivity index (χ1v) is 5.00. The van der Waals surface area contributed by atoms with E-state index in [2.05, 4.69) is 5.32 Å². The molecule has 0 saturated heterocycles. The van der Waals surface area contributed by atoms with E-state index in [0.717, 1.165) is 0 Å². The van der Waals surface area contributed by atoms with Crippen LogP contribution < -0.4 is 16.8 Å². The van der Waals surface area contributed by atoms with Gasteiger partial charge in [-0.3, -0.25) is 9.59 Å². The molecule has 0 fully saturated rings. The molecule has 0 bridgehead atoms. The van der Waals surface area contributed by atoms with Crippen molar-refractivity contribution in [3.63, 3.8) is 0 Å². The lowest BCUT2D eigenvalue weighted by Gasteiger charge is -2.18. The number of primary amides is 1. The summed E-state index contributed by atoms with van der Waals surface area (Å²) in [7, 11) is 0. The SMILES string of the molecule is C[C@@H](O)[C@H](N)C(=O)N[C@@H](CCC(N)=O)C(=O)O. The van der Waals surface area contributed by atoms with Crippen molar-refractivity contribution in [3.8, 4) is 0 Å². The van der Waals surface area contributed by atoms with Gasteiger partial charge in [0.25, 0.3) is 0 Å². The molecule has 0 aliphatic heterocycles. The number of amides is 2. The molecule has 0 aliphatic carbocycles. The summed E-state index contributed by atoms with van der Waals surface area (Å²) in [6.45, 7) is 1.31. The molecule has 0 radical (unpaired) electrons. The number of nitrogens with one attached hydrogen (secondary N) is 1. The molecule has 0 saturated carbocycles. The van der Waals surface area contributed by atoms with Crippen LogP contribution in [0, 0.1) is 0 Å². The summed E-state index contributed by atoms with van der Waals surface area (Å²) in [6, 6.07) is -2.47. The largest absolute Gasteiger partial charge is 0.480 e. The minimum Gasteiger partial charge on any atom is -0.480 e. The molecular formula is C9H17N3O5. The van der Waals surface area contributed by atoms with Crippen LogP contribution in [0.2, 0.25) is 0 Å². The smallest absolute Gasteiger partial charge is 0.326 e. The van der Waals surface area contributed by atoms with Crippen molar-refractivity contribution in [1.82, 2.24) is 5.32 Å². The molecule has 7 N–H and O–H groups in total. The molecule has 8 heteroatoms. The Morgan fingerprint density at radius 3 is 2.24 bits per heavy atom. The van der Waals surface area contributed by atoms with Crippen molar-refractivity contribution in [3.05, 3.63) is 0 Å². The topological polar surface area (TPSA) is 156 Å². The quantitative estimate of drug-likeness (QED) is 0.335. The lowest BCUT2D eigenvalue weighted by molar-refractivity contribution is -0.142. The van der Waals surface area contributed by atoms with Crippen molar-refractivity contribution in [2.75, 3.05) is 0 Å². The maximum atomic E-state index is 11.4. The average molecular weight is 247 g/mol. The van der Waals surface area contributed by atoms with E-state index in [0.29, 0.717) is 0 Å². The zero-order valence-electron chi connectivity index (χ0n) is 9.42. The predicted octanol–water partition coefficient (Wildman–Crippen LogP) is -2.47. The van der Waals surface area contributed by atoms with Crippen LogP contribution in [0.5, 0.6) is 0 Å². The van der Waals surface area contributed by atoms with Gasteiger partial charge in [-0.1, -0.05) is 0 Å². The minimum atomic E-state index is -1.29. The number of aliphatic hydroxyl groups is 1. The Kier molecular flexibility index (Phi) is 6.15. The molecule has 8 nitrogen and oxygen atoms in total. The van der Waals surface area contributed by atoms with E-state index < -0.39 is 36.0 Å².